The zero-order valence-corrected chi connectivity index (χ0v) is 16.4. The van der Waals surface area contributed by atoms with Crippen molar-refractivity contribution in [3.8, 4) is 11.1 Å². The fraction of sp³-hybridized carbons (Fsp3) is 0.375. The highest BCUT2D eigenvalue weighted by Gasteiger charge is 2.34. The zero-order chi connectivity index (χ0) is 19.6. The predicted octanol–water partition coefficient (Wildman–Crippen LogP) is 4.99. The molecule has 2 aromatic rings. The van der Waals surface area contributed by atoms with Gasteiger partial charge in [0.25, 0.3) is 0 Å². The molecule has 1 saturated heterocycles. The molecule has 0 bridgehead atoms. The number of likely N-dealkylation sites (tertiary alicyclic amines) is 1. The van der Waals surface area contributed by atoms with E-state index < -0.39 is 0 Å². The van der Waals surface area contributed by atoms with E-state index in [4.69, 9.17) is 9.47 Å². The summed E-state index contributed by atoms with van der Waals surface area (Å²) < 4.78 is 11.6. The number of rotatable bonds is 5. The van der Waals surface area contributed by atoms with E-state index in [0.29, 0.717) is 26.3 Å². The van der Waals surface area contributed by atoms with Gasteiger partial charge >= 0.3 is 6.09 Å². The van der Waals surface area contributed by atoms with E-state index in [0.717, 1.165) is 12.8 Å². The van der Waals surface area contributed by atoms with Crippen molar-refractivity contribution in [2.24, 2.45) is 0 Å². The van der Waals surface area contributed by atoms with E-state index in [1.165, 1.54) is 22.3 Å². The first kappa shape index (κ1) is 18.8. The lowest BCUT2D eigenvalue weighted by Gasteiger charge is -2.38. The van der Waals surface area contributed by atoms with E-state index in [-0.39, 0.29) is 17.6 Å². The summed E-state index contributed by atoms with van der Waals surface area (Å²) in [6, 6.07) is 16.8. The Morgan fingerprint density at radius 2 is 1.68 bits per heavy atom. The lowest BCUT2D eigenvalue weighted by Crippen LogP contribution is -2.46. The van der Waals surface area contributed by atoms with Gasteiger partial charge in [0.05, 0.1) is 12.2 Å². The molecule has 1 amide bonds. The van der Waals surface area contributed by atoms with Gasteiger partial charge in [0.15, 0.2) is 0 Å². The molecule has 0 atom stereocenters. The second-order valence-electron chi connectivity index (χ2n) is 7.84. The van der Waals surface area contributed by atoms with Crippen LogP contribution >= 0.6 is 0 Å². The molecule has 0 saturated carbocycles. The largest absolute Gasteiger partial charge is 0.448 e. The number of amides is 1. The first-order chi connectivity index (χ1) is 13.6. The maximum atomic E-state index is 12.7. The number of fused-ring (bicyclic) bond motifs is 3. The standard InChI is InChI=1S/C24H27NO3/c1-3-16-28-24(2)12-14-25(15-13-24)23(26)27-17-22-20-10-6-4-8-18(20)19-9-5-7-11-21(19)22/h3-11,22H,1,12-17H2,2H3. The molecule has 2 aromatic carbocycles. The molecule has 4 nitrogen and oxygen atoms in total. The average molecular weight is 377 g/mol. The fourth-order valence-corrected chi connectivity index (χ4v) is 4.25. The smallest absolute Gasteiger partial charge is 0.409 e. The Morgan fingerprint density at radius 3 is 2.25 bits per heavy atom. The third kappa shape index (κ3) is 3.57. The van der Waals surface area contributed by atoms with Gasteiger partial charge in [-0.2, -0.15) is 0 Å². The van der Waals surface area contributed by atoms with Crippen LogP contribution in [0.15, 0.2) is 61.2 Å². The molecule has 4 rings (SSSR count). The van der Waals surface area contributed by atoms with Gasteiger partial charge in [-0.1, -0.05) is 54.6 Å². The molecule has 0 spiro atoms. The van der Waals surface area contributed by atoms with E-state index in [1.54, 1.807) is 11.0 Å². The van der Waals surface area contributed by atoms with Gasteiger partial charge in [-0.15, -0.1) is 6.58 Å². The molecular weight excluding hydrogens is 350 g/mol. The fourth-order valence-electron chi connectivity index (χ4n) is 4.25. The van der Waals surface area contributed by atoms with Crippen LogP contribution in [-0.2, 0) is 9.47 Å². The molecule has 1 aliphatic heterocycles. The topological polar surface area (TPSA) is 38.8 Å². The molecule has 0 aromatic heterocycles. The predicted molar refractivity (Wildman–Crippen MR) is 110 cm³/mol. The number of ether oxygens (including phenoxy) is 2. The van der Waals surface area contributed by atoms with Crippen LogP contribution in [0, 0.1) is 0 Å². The maximum Gasteiger partial charge on any atom is 0.409 e. The van der Waals surface area contributed by atoms with Crippen LogP contribution in [0.4, 0.5) is 4.79 Å². The van der Waals surface area contributed by atoms with Gasteiger partial charge in [0, 0.05) is 19.0 Å². The molecule has 2 aliphatic rings. The summed E-state index contributed by atoms with van der Waals surface area (Å²) in [5.41, 5.74) is 4.77. The lowest BCUT2D eigenvalue weighted by molar-refractivity contribution is -0.0571. The Bertz CT molecular complexity index is 822. The quantitative estimate of drug-likeness (QED) is 0.689. The zero-order valence-electron chi connectivity index (χ0n) is 16.4. The van der Waals surface area contributed by atoms with Gasteiger partial charge in [-0.25, -0.2) is 4.79 Å². The van der Waals surface area contributed by atoms with E-state index in [9.17, 15) is 4.79 Å². The second-order valence-corrected chi connectivity index (χ2v) is 7.84. The van der Waals surface area contributed by atoms with Crippen molar-refractivity contribution in [2.45, 2.75) is 31.3 Å². The highest BCUT2D eigenvalue weighted by Crippen LogP contribution is 2.44. The Labute approximate surface area is 166 Å². The Hall–Kier alpha value is -2.59. The minimum absolute atomic E-state index is 0.0994. The highest BCUT2D eigenvalue weighted by molar-refractivity contribution is 5.79. The van der Waals surface area contributed by atoms with Crippen molar-refractivity contribution < 1.29 is 14.3 Å². The summed E-state index contributed by atoms with van der Waals surface area (Å²) in [4.78, 5) is 14.4. The van der Waals surface area contributed by atoms with Crippen LogP contribution in [0.5, 0.6) is 0 Å². The molecule has 28 heavy (non-hydrogen) atoms. The number of carbonyl (C=O) groups excluding carboxylic acids is 1. The third-order valence-corrected chi connectivity index (χ3v) is 5.97. The Morgan fingerprint density at radius 1 is 1.11 bits per heavy atom. The molecule has 1 heterocycles. The summed E-state index contributed by atoms with van der Waals surface area (Å²) in [6.45, 7) is 8.03. The molecule has 4 heteroatoms. The van der Waals surface area contributed by atoms with E-state index >= 15 is 0 Å². The van der Waals surface area contributed by atoms with Crippen LogP contribution < -0.4 is 0 Å². The Balaban J connectivity index is 1.39. The highest BCUT2D eigenvalue weighted by atomic mass is 16.6. The Kier molecular flexibility index (Phi) is 5.23. The van der Waals surface area contributed by atoms with Crippen LogP contribution in [-0.4, -0.2) is 42.9 Å². The molecule has 0 unspecified atom stereocenters. The van der Waals surface area contributed by atoms with Crippen molar-refractivity contribution in [1.29, 1.82) is 0 Å². The van der Waals surface area contributed by atoms with Crippen LogP contribution in [0.1, 0.15) is 36.8 Å². The van der Waals surface area contributed by atoms with Crippen LogP contribution in [0.3, 0.4) is 0 Å². The molecular formula is C24H27NO3. The molecule has 1 fully saturated rings. The van der Waals surface area contributed by atoms with Crippen molar-refractivity contribution in [2.75, 3.05) is 26.3 Å². The molecule has 1 aliphatic carbocycles. The number of piperidine rings is 1. The number of hydrogen-bond donors (Lipinski definition) is 0. The summed E-state index contributed by atoms with van der Waals surface area (Å²) in [6.07, 6.45) is 3.16. The SMILES string of the molecule is C=CCOC1(C)CCN(C(=O)OCC2c3ccccc3-c3ccccc32)CC1. The first-order valence-electron chi connectivity index (χ1n) is 9.96. The normalized spacial score (nSPS) is 17.7. The van der Waals surface area contributed by atoms with Crippen LogP contribution in [0.2, 0.25) is 0 Å². The van der Waals surface area contributed by atoms with Crippen molar-refractivity contribution in [1.82, 2.24) is 4.90 Å². The molecule has 0 radical (unpaired) electrons. The van der Waals surface area contributed by atoms with Crippen molar-refractivity contribution >= 4 is 6.09 Å². The van der Waals surface area contributed by atoms with Gasteiger partial charge in [-0.3, -0.25) is 0 Å². The van der Waals surface area contributed by atoms with E-state index in [1.807, 2.05) is 12.1 Å². The van der Waals surface area contributed by atoms with Crippen LogP contribution in [0.25, 0.3) is 11.1 Å². The number of benzene rings is 2. The third-order valence-electron chi connectivity index (χ3n) is 5.97. The van der Waals surface area contributed by atoms with Gasteiger partial charge in [0.1, 0.15) is 6.61 Å². The number of hydrogen-bond acceptors (Lipinski definition) is 3. The summed E-state index contributed by atoms with van der Waals surface area (Å²) >= 11 is 0. The second kappa shape index (κ2) is 7.80. The average Bonchev–Trinajstić information content (AvgIpc) is 3.05. The van der Waals surface area contributed by atoms with Gasteiger partial charge in [-0.05, 0) is 42.0 Å². The molecule has 146 valence electrons. The monoisotopic (exact) mass is 377 g/mol. The molecule has 0 N–H and O–H groups in total. The van der Waals surface area contributed by atoms with Crippen molar-refractivity contribution in [3.63, 3.8) is 0 Å². The number of nitrogens with zero attached hydrogens (tertiary/aromatic N) is 1. The lowest BCUT2D eigenvalue weighted by atomic mass is 9.93. The van der Waals surface area contributed by atoms with Gasteiger partial charge < -0.3 is 14.4 Å². The summed E-state index contributed by atoms with van der Waals surface area (Å²) in [7, 11) is 0. The van der Waals surface area contributed by atoms with Crippen molar-refractivity contribution in [3.05, 3.63) is 72.3 Å². The minimum atomic E-state index is -0.229. The summed E-state index contributed by atoms with van der Waals surface area (Å²) in [5.74, 6) is 0.0994. The maximum absolute atomic E-state index is 12.7. The van der Waals surface area contributed by atoms with E-state index in [2.05, 4.69) is 49.9 Å². The first-order valence-corrected chi connectivity index (χ1v) is 9.96. The number of carbonyl (C=O) groups is 1. The minimum Gasteiger partial charge on any atom is -0.448 e. The van der Waals surface area contributed by atoms with Gasteiger partial charge in [0.2, 0.25) is 0 Å². The summed E-state index contributed by atoms with van der Waals surface area (Å²) in [5, 5.41) is 0.